The van der Waals surface area contributed by atoms with Gasteiger partial charge in [0, 0.05) is 28.2 Å². The van der Waals surface area contributed by atoms with Crippen molar-refractivity contribution in [1.29, 1.82) is 0 Å². The summed E-state index contributed by atoms with van der Waals surface area (Å²) in [6, 6.07) is 13.0. The first-order valence-corrected chi connectivity index (χ1v) is 16.7. The predicted molar refractivity (Wildman–Crippen MR) is 169 cm³/mol. The van der Waals surface area contributed by atoms with Gasteiger partial charge in [-0.3, -0.25) is 13.9 Å². The van der Waals surface area contributed by atoms with E-state index in [4.69, 9.17) is 23.2 Å². The number of halogens is 5. The van der Waals surface area contributed by atoms with E-state index in [1.807, 2.05) is 0 Å². The Bertz CT molecular complexity index is 1610. The van der Waals surface area contributed by atoms with Crippen LogP contribution in [0.3, 0.4) is 0 Å². The van der Waals surface area contributed by atoms with Gasteiger partial charge in [0.1, 0.15) is 12.6 Å². The molecule has 242 valence electrons. The monoisotopic (exact) mass is 683 g/mol. The fraction of sp³-hybridized carbons (Fsp3) is 0.375. The largest absolute Gasteiger partial charge is 0.416 e. The van der Waals surface area contributed by atoms with Gasteiger partial charge in [-0.1, -0.05) is 72.3 Å². The topological polar surface area (TPSA) is 86.8 Å². The fourth-order valence-corrected chi connectivity index (χ4v) is 7.13. The molecule has 1 atom stereocenters. The molecule has 3 aromatic rings. The average molecular weight is 685 g/mol. The Labute approximate surface area is 271 Å². The highest BCUT2D eigenvalue weighted by molar-refractivity contribution is 7.92. The first kappa shape index (κ1) is 34.6. The first-order valence-electron chi connectivity index (χ1n) is 14.5. The highest BCUT2D eigenvalue weighted by Crippen LogP contribution is 2.34. The van der Waals surface area contributed by atoms with E-state index < -0.39 is 46.2 Å². The summed E-state index contributed by atoms with van der Waals surface area (Å²) in [5.74, 6) is -1.30. The van der Waals surface area contributed by atoms with Crippen LogP contribution in [-0.4, -0.2) is 43.8 Å². The summed E-state index contributed by atoms with van der Waals surface area (Å²) in [7, 11) is -4.55. The third-order valence-electron chi connectivity index (χ3n) is 7.86. The van der Waals surface area contributed by atoms with Gasteiger partial charge in [0.05, 0.1) is 16.1 Å². The number of hydrogen-bond donors (Lipinski definition) is 1. The van der Waals surface area contributed by atoms with E-state index in [-0.39, 0.29) is 33.2 Å². The second-order valence-corrected chi connectivity index (χ2v) is 13.8. The van der Waals surface area contributed by atoms with Crippen LogP contribution in [0, 0.1) is 6.92 Å². The Kier molecular flexibility index (Phi) is 11.1. The van der Waals surface area contributed by atoms with Crippen molar-refractivity contribution in [1.82, 2.24) is 10.2 Å². The van der Waals surface area contributed by atoms with E-state index in [0.717, 1.165) is 54.7 Å². The van der Waals surface area contributed by atoms with E-state index >= 15 is 0 Å². The number of hydrogen-bond acceptors (Lipinski definition) is 4. The lowest BCUT2D eigenvalue weighted by Crippen LogP contribution is -2.53. The Morgan fingerprint density at radius 1 is 0.956 bits per heavy atom. The fourth-order valence-electron chi connectivity index (χ4n) is 5.21. The molecule has 1 fully saturated rings. The lowest BCUT2D eigenvalue weighted by Gasteiger charge is -2.33. The number of carbonyl (C=O) groups excluding carboxylic acids is 2. The third kappa shape index (κ3) is 8.51. The van der Waals surface area contributed by atoms with Crippen LogP contribution < -0.4 is 9.62 Å². The third-order valence-corrected chi connectivity index (χ3v) is 10.4. The number of alkyl halides is 3. The molecule has 0 aliphatic heterocycles. The molecule has 7 nitrogen and oxygen atoms in total. The molecule has 13 heteroatoms. The quantitative estimate of drug-likeness (QED) is 0.242. The number of sulfonamides is 1. The normalized spacial score (nSPS) is 14.9. The maximum Gasteiger partial charge on any atom is 0.416 e. The average Bonchev–Trinajstić information content (AvgIpc) is 2.99. The van der Waals surface area contributed by atoms with Crippen molar-refractivity contribution in [2.45, 2.75) is 75.7 Å². The van der Waals surface area contributed by atoms with Crippen LogP contribution >= 0.6 is 23.2 Å². The molecule has 0 saturated heterocycles. The van der Waals surface area contributed by atoms with Crippen molar-refractivity contribution < 1.29 is 31.2 Å². The van der Waals surface area contributed by atoms with Crippen LogP contribution in [0.4, 0.5) is 18.9 Å². The summed E-state index contributed by atoms with van der Waals surface area (Å²) in [4.78, 5) is 28.5. The van der Waals surface area contributed by atoms with Crippen LogP contribution in [-0.2, 0) is 32.3 Å². The van der Waals surface area contributed by atoms with Gasteiger partial charge in [0.2, 0.25) is 11.8 Å². The second kappa shape index (κ2) is 14.4. The van der Waals surface area contributed by atoms with Crippen LogP contribution in [0.1, 0.15) is 55.7 Å². The lowest BCUT2D eigenvalue weighted by atomic mass is 9.95. The Morgan fingerprint density at radius 2 is 1.56 bits per heavy atom. The summed E-state index contributed by atoms with van der Waals surface area (Å²) in [6.07, 6.45) is -0.196. The van der Waals surface area contributed by atoms with Crippen LogP contribution in [0.25, 0.3) is 0 Å². The number of carbonyl (C=O) groups is 2. The van der Waals surface area contributed by atoms with Crippen molar-refractivity contribution in [3.05, 3.63) is 93.5 Å². The molecule has 0 heterocycles. The molecule has 0 unspecified atom stereocenters. The van der Waals surface area contributed by atoms with Gasteiger partial charge in [0.15, 0.2) is 0 Å². The van der Waals surface area contributed by atoms with Crippen molar-refractivity contribution in [3.8, 4) is 0 Å². The standard InChI is InChI=1S/C32H34Cl2F3N3O4S/c1-21-14-16-26(17-15-21)45(43,44)40(25-11-6-8-23(18-25)32(35,36)37)20-30(41)39(19-27-28(33)12-7-13-29(27)34)22(2)31(42)38-24-9-4-3-5-10-24/h6-8,11-18,22,24H,3-5,9-10,19-20H2,1-2H3,(H,38,42)/t22-/m0/s1. The van der Waals surface area contributed by atoms with Crippen molar-refractivity contribution in [2.75, 3.05) is 10.8 Å². The van der Waals surface area contributed by atoms with E-state index in [1.165, 1.54) is 25.1 Å². The minimum absolute atomic E-state index is 0.0712. The molecule has 3 aromatic carbocycles. The molecule has 0 aromatic heterocycles. The summed E-state index contributed by atoms with van der Waals surface area (Å²) in [5.41, 5.74) is -0.361. The molecular formula is C32H34Cl2F3N3O4S. The zero-order chi connectivity index (χ0) is 32.9. The van der Waals surface area contributed by atoms with Gasteiger partial charge < -0.3 is 10.2 Å². The van der Waals surface area contributed by atoms with Gasteiger partial charge in [-0.2, -0.15) is 13.2 Å². The van der Waals surface area contributed by atoms with Gasteiger partial charge >= 0.3 is 6.18 Å². The number of aryl methyl sites for hydroxylation is 1. The zero-order valence-electron chi connectivity index (χ0n) is 24.8. The molecule has 0 bridgehead atoms. The Balaban J connectivity index is 1.75. The number of anilines is 1. The summed E-state index contributed by atoms with van der Waals surface area (Å²) >= 11 is 12.8. The van der Waals surface area contributed by atoms with E-state index in [1.54, 1.807) is 37.3 Å². The second-order valence-electron chi connectivity index (χ2n) is 11.1. The molecule has 1 aliphatic carbocycles. The number of nitrogens with one attached hydrogen (secondary N) is 1. The number of benzene rings is 3. The van der Waals surface area contributed by atoms with Crippen LogP contribution in [0.15, 0.2) is 71.6 Å². The molecule has 1 N–H and O–H groups in total. The van der Waals surface area contributed by atoms with Crippen molar-refractivity contribution in [2.24, 2.45) is 0 Å². The molecule has 1 saturated carbocycles. The first-order chi connectivity index (χ1) is 21.2. The van der Waals surface area contributed by atoms with Gasteiger partial charge in [-0.15, -0.1) is 0 Å². The van der Waals surface area contributed by atoms with Crippen LogP contribution in [0.2, 0.25) is 10.0 Å². The number of nitrogens with zero attached hydrogens (tertiary/aromatic N) is 2. The predicted octanol–water partition coefficient (Wildman–Crippen LogP) is 7.38. The van der Waals surface area contributed by atoms with Crippen molar-refractivity contribution >= 4 is 50.7 Å². The Morgan fingerprint density at radius 3 is 2.16 bits per heavy atom. The minimum Gasteiger partial charge on any atom is -0.352 e. The van der Waals surface area contributed by atoms with E-state index in [2.05, 4.69) is 5.32 Å². The highest BCUT2D eigenvalue weighted by atomic mass is 35.5. The highest BCUT2D eigenvalue weighted by Gasteiger charge is 2.36. The van der Waals surface area contributed by atoms with E-state index in [0.29, 0.717) is 15.9 Å². The molecule has 2 amide bonds. The van der Waals surface area contributed by atoms with E-state index in [9.17, 15) is 31.2 Å². The molecule has 1 aliphatic rings. The van der Waals surface area contributed by atoms with Gasteiger partial charge in [0.25, 0.3) is 10.0 Å². The number of amides is 2. The summed E-state index contributed by atoms with van der Waals surface area (Å²) in [6.45, 7) is 2.10. The summed E-state index contributed by atoms with van der Waals surface area (Å²) < 4.78 is 69.6. The molecular weight excluding hydrogens is 650 g/mol. The number of rotatable bonds is 10. The minimum atomic E-state index is -4.77. The smallest absolute Gasteiger partial charge is 0.352 e. The lowest BCUT2D eigenvalue weighted by molar-refractivity contribution is -0.139. The molecule has 4 rings (SSSR count). The maximum absolute atomic E-state index is 14.1. The van der Waals surface area contributed by atoms with Gasteiger partial charge in [-0.25, -0.2) is 8.42 Å². The maximum atomic E-state index is 14.1. The van der Waals surface area contributed by atoms with Gasteiger partial charge in [-0.05, 0) is 69.2 Å². The molecule has 45 heavy (non-hydrogen) atoms. The Hall–Kier alpha value is -3.28. The SMILES string of the molecule is Cc1ccc(S(=O)(=O)N(CC(=O)N(Cc2c(Cl)cccc2Cl)[C@@H](C)C(=O)NC2CCCCC2)c2cccc(C(F)(F)F)c2)cc1. The van der Waals surface area contributed by atoms with Crippen LogP contribution in [0.5, 0.6) is 0 Å². The molecule has 0 spiro atoms. The summed E-state index contributed by atoms with van der Waals surface area (Å²) in [5, 5.41) is 3.43. The molecule has 0 radical (unpaired) electrons. The van der Waals surface area contributed by atoms with Crippen molar-refractivity contribution in [3.63, 3.8) is 0 Å². The zero-order valence-corrected chi connectivity index (χ0v) is 27.1.